The van der Waals surface area contributed by atoms with Gasteiger partial charge in [-0.2, -0.15) is 0 Å². The second-order valence-electron chi connectivity index (χ2n) is 4.05. The summed E-state index contributed by atoms with van der Waals surface area (Å²) in [5.74, 6) is 0. The Morgan fingerprint density at radius 1 is 1.35 bits per heavy atom. The summed E-state index contributed by atoms with van der Waals surface area (Å²) in [7, 11) is 0. The SMILES string of the molecule is CC(=S)OP(=S)(NC(C)C)OCCCCCN. The van der Waals surface area contributed by atoms with Crippen LogP contribution in [0.25, 0.3) is 0 Å². The fourth-order valence-electron chi connectivity index (χ4n) is 1.18. The number of nitrogens with one attached hydrogen (secondary N) is 1. The van der Waals surface area contributed by atoms with Crippen LogP contribution in [0.15, 0.2) is 0 Å². The molecule has 0 rings (SSSR count). The summed E-state index contributed by atoms with van der Waals surface area (Å²) in [6.45, 7) is 4.54. The van der Waals surface area contributed by atoms with Gasteiger partial charge in [-0.05, 0) is 63.7 Å². The first-order valence-corrected chi connectivity index (χ1v) is 8.87. The van der Waals surface area contributed by atoms with E-state index in [1.165, 1.54) is 0 Å². The Kier molecular flexibility index (Phi) is 9.59. The highest BCUT2D eigenvalue weighted by molar-refractivity contribution is 8.09. The zero-order valence-corrected chi connectivity index (χ0v) is 13.3. The predicted molar refractivity (Wildman–Crippen MR) is 80.8 cm³/mol. The average molecular weight is 298 g/mol. The van der Waals surface area contributed by atoms with Crippen molar-refractivity contribution in [3.05, 3.63) is 0 Å². The van der Waals surface area contributed by atoms with E-state index in [0.717, 1.165) is 19.3 Å². The zero-order valence-electron chi connectivity index (χ0n) is 10.8. The minimum absolute atomic E-state index is 0.208. The number of unbranched alkanes of at least 4 members (excludes halogenated alkanes) is 2. The van der Waals surface area contributed by atoms with Crippen LogP contribution in [-0.4, -0.2) is 24.2 Å². The zero-order chi connectivity index (χ0) is 13.3. The lowest BCUT2D eigenvalue weighted by Crippen LogP contribution is -2.23. The van der Waals surface area contributed by atoms with E-state index < -0.39 is 6.64 Å². The lowest BCUT2D eigenvalue weighted by molar-refractivity contribution is 0.290. The number of rotatable bonds is 9. The van der Waals surface area contributed by atoms with Crippen molar-refractivity contribution < 1.29 is 9.05 Å². The maximum absolute atomic E-state index is 5.66. The Bertz CT molecular complexity index is 275. The van der Waals surface area contributed by atoms with Gasteiger partial charge < -0.3 is 14.8 Å². The van der Waals surface area contributed by atoms with Gasteiger partial charge in [0.2, 0.25) is 0 Å². The fourth-order valence-corrected chi connectivity index (χ4v) is 4.35. The van der Waals surface area contributed by atoms with Crippen molar-refractivity contribution in [2.75, 3.05) is 13.2 Å². The molecule has 0 bridgehead atoms. The van der Waals surface area contributed by atoms with E-state index in [-0.39, 0.29) is 6.04 Å². The van der Waals surface area contributed by atoms with Crippen LogP contribution in [0.5, 0.6) is 0 Å². The molecule has 3 N–H and O–H groups in total. The van der Waals surface area contributed by atoms with Crippen molar-refractivity contribution in [2.24, 2.45) is 5.73 Å². The lowest BCUT2D eigenvalue weighted by Gasteiger charge is -2.24. The van der Waals surface area contributed by atoms with Crippen LogP contribution in [-0.2, 0) is 20.9 Å². The van der Waals surface area contributed by atoms with Gasteiger partial charge in [0, 0.05) is 13.0 Å². The Hall–Kier alpha value is 0.420. The van der Waals surface area contributed by atoms with Gasteiger partial charge in [-0.1, -0.05) is 0 Å². The minimum Gasteiger partial charge on any atom is -0.426 e. The van der Waals surface area contributed by atoms with Crippen LogP contribution in [0.1, 0.15) is 40.0 Å². The quantitative estimate of drug-likeness (QED) is 0.388. The molecule has 1 atom stereocenters. The monoisotopic (exact) mass is 298 g/mol. The van der Waals surface area contributed by atoms with Gasteiger partial charge in [0.05, 0.1) is 6.61 Å². The molecule has 7 heteroatoms. The summed E-state index contributed by atoms with van der Waals surface area (Å²) >= 11 is 10.3. The van der Waals surface area contributed by atoms with Crippen LogP contribution in [0.2, 0.25) is 0 Å². The van der Waals surface area contributed by atoms with Gasteiger partial charge in [0.25, 0.3) is 0 Å². The van der Waals surface area contributed by atoms with Crippen molar-refractivity contribution in [3.63, 3.8) is 0 Å². The molecule has 4 nitrogen and oxygen atoms in total. The molecule has 0 aliphatic rings. The average Bonchev–Trinajstić information content (AvgIpc) is 2.14. The van der Waals surface area contributed by atoms with Crippen LogP contribution in [0.4, 0.5) is 0 Å². The molecule has 0 saturated carbocycles. The molecule has 102 valence electrons. The molecule has 0 spiro atoms. The number of hydrogen-bond donors (Lipinski definition) is 2. The van der Waals surface area contributed by atoms with Crippen LogP contribution in [0.3, 0.4) is 0 Å². The van der Waals surface area contributed by atoms with Gasteiger partial charge >= 0.3 is 6.64 Å². The number of hydrogen-bond acceptors (Lipinski definition) is 5. The number of nitrogens with two attached hydrogens (primary N) is 1. The molecule has 0 heterocycles. The van der Waals surface area contributed by atoms with E-state index in [1.807, 2.05) is 13.8 Å². The Morgan fingerprint density at radius 3 is 2.47 bits per heavy atom. The van der Waals surface area contributed by atoms with E-state index in [9.17, 15) is 0 Å². The summed E-state index contributed by atoms with van der Waals surface area (Å²) in [6.07, 6.45) is 3.00. The Labute approximate surface area is 115 Å². The largest absolute Gasteiger partial charge is 0.426 e. The highest BCUT2D eigenvalue weighted by Crippen LogP contribution is 2.45. The van der Waals surface area contributed by atoms with Gasteiger partial charge in [0.1, 0.15) is 0 Å². The summed E-state index contributed by atoms with van der Waals surface area (Å²) in [5, 5.41) is 3.57. The smallest absolute Gasteiger partial charge is 0.313 e. The third-order valence-electron chi connectivity index (χ3n) is 1.77. The first-order chi connectivity index (χ1) is 7.89. The first kappa shape index (κ1) is 17.4. The molecule has 0 aromatic heterocycles. The Balaban J connectivity index is 4.10. The highest BCUT2D eigenvalue weighted by Gasteiger charge is 2.21. The number of thiocarbonyl (C=S) groups is 1. The van der Waals surface area contributed by atoms with Crippen LogP contribution < -0.4 is 10.8 Å². The topological polar surface area (TPSA) is 56.5 Å². The summed E-state index contributed by atoms with van der Waals surface area (Å²) < 4.78 is 11.1. The molecule has 17 heavy (non-hydrogen) atoms. The summed E-state index contributed by atoms with van der Waals surface area (Å²) in [6, 6.07) is 0.208. The first-order valence-electron chi connectivity index (χ1n) is 5.82. The van der Waals surface area contributed by atoms with Crippen LogP contribution in [0, 0.1) is 0 Å². The second kappa shape index (κ2) is 9.36. The maximum atomic E-state index is 5.66. The second-order valence-corrected chi connectivity index (χ2v) is 7.76. The molecule has 0 fully saturated rings. The molecule has 1 unspecified atom stereocenters. The van der Waals surface area contributed by atoms with E-state index in [4.69, 9.17) is 38.8 Å². The van der Waals surface area contributed by atoms with Crippen molar-refractivity contribution in [1.29, 1.82) is 0 Å². The third-order valence-corrected chi connectivity index (χ3v) is 4.71. The normalized spacial score (nSPS) is 14.6. The van der Waals surface area contributed by atoms with Crippen molar-refractivity contribution in [3.8, 4) is 0 Å². The molecule has 0 saturated heterocycles. The maximum Gasteiger partial charge on any atom is 0.313 e. The molecular formula is C10H23N2O2PS2. The molecule has 0 radical (unpaired) electrons. The van der Waals surface area contributed by atoms with E-state index in [1.54, 1.807) is 6.92 Å². The fraction of sp³-hybridized carbons (Fsp3) is 0.900. The summed E-state index contributed by atoms with van der Waals surface area (Å²) in [5.41, 5.74) is 5.42. The standard InChI is InChI=1S/C10H23N2O2PS2/c1-9(2)12-15(17,14-10(3)16)13-8-6-4-5-7-11/h9H,4-8,11H2,1-3H3,(H,12,17). The lowest BCUT2D eigenvalue weighted by atomic mass is 10.2. The van der Waals surface area contributed by atoms with E-state index in [0.29, 0.717) is 18.2 Å². The molecule has 0 aromatic rings. The van der Waals surface area contributed by atoms with Gasteiger partial charge in [-0.3, -0.25) is 0 Å². The van der Waals surface area contributed by atoms with Crippen molar-refractivity contribution in [2.45, 2.75) is 46.1 Å². The molecule has 0 aromatic carbocycles. The van der Waals surface area contributed by atoms with Gasteiger partial charge in [-0.25, -0.2) is 5.09 Å². The molecule has 0 amide bonds. The molecule has 0 aliphatic carbocycles. The minimum atomic E-state index is -2.47. The van der Waals surface area contributed by atoms with Crippen LogP contribution >= 0.6 is 18.9 Å². The van der Waals surface area contributed by atoms with E-state index >= 15 is 0 Å². The van der Waals surface area contributed by atoms with E-state index in [2.05, 4.69) is 5.09 Å². The van der Waals surface area contributed by atoms with Gasteiger partial charge in [-0.15, -0.1) is 0 Å². The third kappa shape index (κ3) is 10.1. The van der Waals surface area contributed by atoms with Crippen molar-refractivity contribution >= 4 is 35.7 Å². The predicted octanol–water partition coefficient (Wildman–Crippen LogP) is 2.72. The van der Waals surface area contributed by atoms with Gasteiger partial charge in [0.15, 0.2) is 5.05 Å². The molecule has 0 aliphatic heterocycles. The Morgan fingerprint density at radius 2 is 2.00 bits per heavy atom. The van der Waals surface area contributed by atoms with Crippen molar-refractivity contribution in [1.82, 2.24) is 5.09 Å². The summed E-state index contributed by atoms with van der Waals surface area (Å²) in [4.78, 5) is 0. The molecular weight excluding hydrogens is 275 g/mol. The highest BCUT2D eigenvalue weighted by atomic mass is 32.5.